The minimum atomic E-state index is -2.12. The van der Waals surface area contributed by atoms with E-state index in [1.807, 2.05) is 0 Å². The molecule has 0 saturated heterocycles. The molecule has 0 fully saturated rings. The van der Waals surface area contributed by atoms with E-state index in [-0.39, 0.29) is 5.04 Å². The van der Waals surface area contributed by atoms with Gasteiger partial charge >= 0.3 is 5.97 Å². The van der Waals surface area contributed by atoms with E-state index in [4.69, 9.17) is 4.43 Å². The van der Waals surface area contributed by atoms with Gasteiger partial charge in [-0.1, -0.05) is 85.5 Å². The fourth-order valence-electron chi connectivity index (χ4n) is 2.94. The number of carboxylic acid groups (broad SMARTS) is 1. The summed E-state index contributed by atoms with van der Waals surface area (Å²) in [6.45, 7) is 12.7. The van der Waals surface area contributed by atoms with Crippen molar-refractivity contribution >= 4 is 14.3 Å². The summed E-state index contributed by atoms with van der Waals surface area (Å²) in [6.07, 6.45) is 11.8. The summed E-state index contributed by atoms with van der Waals surface area (Å²) < 4.78 is 6.04. The van der Waals surface area contributed by atoms with Crippen LogP contribution in [0.2, 0.25) is 18.1 Å². The Labute approximate surface area is 169 Å². The predicted octanol–water partition coefficient (Wildman–Crippen LogP) is 6.52. The topological polar surface area (TPSA) is 66.8 Å². The van der Waals surface area contributed by atoms with Gasteiger partial charge in [-0.3, -0.25) is 0 Å². The molecule has 0 bridgehead atoms. The number of unbranched alkanes of at least 4 members (excludes halogenated alkanes) is 8. The van der Waals surface area contributed by atoms with Gasteiger partial charge in [0.15, 0.2) is 8.32 Å². The van der Waals surface area contributed by atoms with Crippen LogP contribution in [0.4, 0.5) is 0 Å². The third kappa shape index (κ3) is 12.6. The number of hydrogen-bond donors (Lipinski definition) is 2. The smallest absolute Gasteiger partial charge is 0.331 e. The number of carbonyl (C=O) groups is 1. The number of rotatable bonds is 16. The molecule has 0 heterocycles. The van der Waals surface area contributed by atoms with Gasteiger partial charge in [0.2, 0.25) is 0 Å². The number of carboxylic acids is 1. The average molecular weight is 403 g/mol. The van der Waals surface area contributed by atoms with Crippen LogP contribution in [-0.4, -0.2) is 36.7 Å². The lowest BCUT2D eigenvalue weighted by molar-refractivity contribution is -0.146. The van der Waals surface area contributed by atoms with Crippen molar-refractivity contribution < 1.29 is 19.4 Å². The quantitative estimate of drug-likeness (QED) is 0.228. The standard InChI is InChI=1S/C22H46O4Si/c1-7-8-9-10-11-12-13-14-15-16-19(23)17-18-20(21(24)25)26-27(5,6)22(2,3)4/h19-20,23H,7-18H2,1-6H3,(H,24,25)/t19-,20+/m1/s1. The number of aliphatic hydroxyl groups is 1. The fourth-order valence-corrected chi connectivity index (χ4v) is 4.23. The zero-order chi connectivity index (χ0) is 20.9. The Kier molecular flexibility index (Phi) is 13.5. The first kappa shape index (κ1) is 26.6. The van der Waals surface area contributed by atoms with Gasteiger partial charge in [-0.15, -0.1) is 0 Å². The van der Waals surface area contributed by atoms with Crippen molar-refractivity contribution in [3.8, 4) is 0 Å². The summed E-state index contributed by atoms with van der Waals surface area (Å²) in [5.41, 5.74) is 0. The summed E-state index contributed by atoms with van der Waals surface area (Å²) in [7, 11) is -2.12. The van der Waals surface area contributed by atoms with Crippen molar-refractivity contribution in [1.29, 1.82) is 0 Å². The van der Waals surface area contributed by atoms with E-state index in [0.717, 1.165) is 19.3 Å². The third-order valence-electron chi connectivity index (χ3n) is 5.92. The maximum absolute atomic E-state index is 11.6. The molecule has 0 aromatic rings. The molecular formula is C22H46O4Si. The maximum atomic E-state index is 11.6. The molecule has 2 atom stereocenters. The molecular weight excluding hydrogens is 356 g/mol. The van der Waals surface area contributed by atoms with Crippen LogP contribution in [0.1, 0.15) is 105 Å². The molecule has 0 unspecified atom stereocenters. The Bertz CT molecular complexity index is 390. The van der Waals surface area contributed by atoms with Crippen LogP contribution < -0.4 is 0 Å². The first-order valence-corrected chi connectivity index (χ1v) is 14.0. The highest BCUT2D eigenvalue weighted by molar-refractivity contribution is 6.74. The maximum Gasteiger partial charge on any atom is 0.331 e. The molecule has 162 valence electrons. The Morgan fingerprint density at radius 1 is 0.889 bits per heavy atom. The van der Waals surface area contributed by atoms with E-state index >= 15 is 0 Å². The Hall–Kier alpha value is -0.393. The number of aliphatic hydroxyl groups excluding tert-OH is 1. The SMILES string of the molecule is CCCCCCCCCCC[C@@H](O)CC[C@H](O[Si](C)(C)C(C)(C)C)C(=O)O. The van der Waals surface area contributed by atoms with E-state index < -0.39 is 26.5 Å². The molecule has 0 aromatic heterocycles. The van der Waals surface area contributed by atoms with Crippen molar-refractivity contribution in [2.45, 2.75) is 135 Å². The average Bonchev–Trinajstić information content (AvgIpc) is 2.55. The minimum Gasteiger partial charge on any atom is -0.479 e. The van der Waals surface area contributed by atoms with Gasteiger partial charge in [0.05, 0.1) is 6.10 Å². The molecule has 0 aromatic carbocycles. The molecule has 0 aliphatic rings. The van der Waals surface area contributed by atoms with Crippen molar-refractivity contribution in [2.75, 3.05) is 0 Å². The van der Waals surface area contributed by atoms with Crippen LogP contribution in [0.5, 0.6) is 0 Å². The fraction of sp³-hybridized carbons (Fsp3) is 0.955. The van der Waals surface area contributed by atoms with Gasteiger partial charge in [-0.05, 0) is 37.4 Å². The summed E-state index contributed by atoms with van der Waals surface area (Å²) in [4.78, 5) is 11.6. The molecule has 0 rings (SSSR count). The van der Waals surface area contributed by atoms with Crippen LogP contribution in [0.3, 0.4) is 0 Å². The number of aliphatic carboxylic acids is 1. The monoisotopic (exact) mass is 402 g/mol. The Balaban J connectivity index is 3.99. The second kappa shape index (κ2) is 13.7. The lowest BCUT2D eigenvalue weighted by Gasteiger charge is -2.38. The third-order valence-corrected chi connectivity index (χ3v) is 10.4. The molecule has 0 saturated carbocycles. The van der Waals surface area contributed by atoms with Gasteiger partial charge < -0.3 is 14.6 Å². The predicted molar refractivity (Wildman–Crippen MR) is 117 cm³/mol. The van der Waals surface area contributed by atoms with Crippen LogP contribution >= 0.6 is 0 Å². The van der Waals surface area contributed by atoms with Gasteiger partial charge in [-0.2, -0.15) is 0 Å². The summed E-state index contributed by atoms with van der Waals surface area (Å²) in [6, 6.07) is 0. The van der Waals surface area contributed by atoms with E-state index in [2.05, 4.69) is 40.8 Å². The normalized spacial score (nSPS) is 14.9. The molecule has 5 heteroatoms. The van der Waals surface area contributed by atoms with Gasteiger partial charge in [-0.25, -0.2) is 4.79 Å². The van der Waals surface area contributed by atoms with Crippen molar-refractivity contribution in [1.82, 2.24) is 0 Å². The molecule has 0 spiro atoms. The molecule has 0 aliphatic heterocycles. The van der Waals surface area contributed by atoms with E-state index in [9.17, 15) is 15.0 Å². The van der Waals surface area contributed by atoms with E-state index in [1.54, 1.807) is 0 Å². The lowest BCUT2D eigenvalue weighted by atomic mass is 10.0. The highest BCUT2D eigenvalue weighted by Crippen LogP contribution is 2.37. The largest absolute Gasteiger partial charge is 0.479 e. The minimum absolute atomic E-state index is 0.0180. The van der Waals surface area contributed by atoms with E-state index in [0.29, 0.717) is 12.8 Å². The first-order valence-electron chi connectivity index (χ1n) is 11.1. The van der Waals surface area contributed by atoms with Gasteiger partial charge in [0, 0.05) is 0 Å². The zero-order valence-corrected chi connectivity index (χ0v) is 19.9. The Morgan fingerprint density at radius 2 is 1.37 bits per heavy atom. The molecule has 4 nitrogen and oxygen atoms in total. The van der Waals surface area contributed by atoms with Crippen molar-refractivity contribution in [2.24, 2.45) is 0 Å². The van der Waals surface area contributed by atoms with Gasteiger partial charge in [0.1, 0.15) is 6.10 Å². The molecule has 2 N–H and O–H groups in total. The zero-order valence-electron chi connectivity index (χ0n) is 18.9. The molecule has 0 aliphatic carbocycles. The van der Waals surface area contributed by atoms with Crippen LogP contribution in [-0.2, 0) is 9.22 Å². The van der Waals surface area contributed by atoms with Crippen LogP contribution in [0.25, 0.3) is 0 Å². The first-order chi connectivity index (χ1) is 12.5. The second-order valence-electron chi connectivity index (χ2n) is 9.55. The second-order valence-corrected chi connectivity index (χ2v) is 14.3. The molecule has 0 amide bonds. The molecule has 0 radical (unpaired) electrons. The van der Waals surface area contributed by atoms with Gasteiger partial charge in [0.25, 0.3) is 0 Å². The summed E-state index contributed by atoms with van der Waals surface area (Å²) in [5.74, 6) is -0.907. The van der Waals surface area contributed by atoms with Crippen molar-refractivity contribution in [3.63, 3.8) is 0 Å². The summed E-state index contributed by atoms with van der Waals surface area (Å²) in [5, 5.41) is 19.7. The van der Waals surface area contributed by atoms with Crippen LogP contribution in [0, 0.1) is 0 Å². The van der Waals surface area contributed by atoms with Crippen molar-refractivity contribution in [3.05, 3.63) is 0 Å². The van der Waals surface area contributed by atoms with E-state index in [1.165, 1.54) is 44.9 Å². The Morgan fingerprint density at radius 3 is 1.81 bits per heavy atom. The number of hydrogen-bond acceptors (Lipinski definition) is 3. The lowest BCUT2D eigenvalue weighted by Crippen LogP contribution is -2.46. The highest BCUT2D eigenvalue weighted by Gasteiger charge is 2.40. The van der Waals surface area contributed by atoms with Crippen LogP contribution in [0.15, 0.2) is 0 Å². The molecule has 27 heavy (non-hydrogen) atoms. The summed E-state index contributed by atoms with van der Waals surface area (Å²) >= 11 is 0. The highest BCUT2D eigenvalue weighted by atomic mass is 28.4.